The summed E-state index contributed by atoms with van der Waals surface area (Å²) in [6.07, 6.45) is 4.00. The topological polar surface area (TPSA) is 71.5 Å². The minimum absolute atomic E-state index is 0.222. The summed E-state index contributed by atoms with van der Waals surface area (Å²) in [7, 11) is 0. The lowest BCUT2D eigenvalue weighted by molar-refractivity contribution is 0.120. The third-order valence-electron chi connectivity index (χ3n) is 4.76. The molecule has 2 fully saturated rings. The van der Waals surface area contributed by atoms with Crippen LogP contribution in [0.3, 0.4) is 0 Å². The summed E-state index contributed by atoms with van der Waals surface area (Å²) in [5.74, 6) is 1.13. The highest BCUT2D eigenvalue weighted by Gasteiger charge is 2.16. The van der Waals surface area contributed by atoms with Crippen LogP contribution in [0.2, 0.25) is 5.02 Å². The number of aromatic nitrogens is 2. The van der Waals surface area contributed by atoms with Crippen LogP contribution in [0.5, 0.6) is 0 Å². The van der Waals surface area contributed by atoms with Crippen molar-refractivity contribution in [2.75, 3.05) is 55.0 Å². The summed E-state index contributed by atoms with van der Waals surface area (Å²) in [6.45, 7) is 4.93. The molecule has 0 saturated carbocycles. The van der Waals surface area contributed by atoms with Crippen LogP contribution in [-0.4, -0.2) is 55.5 Å². The van der Waals surface area contributed by atoms with E-state index in [0.29, 0.717) is 23.3 Å². The largest absolute Gasteiger partial charge is 0.378 e. The summed E-state index contributed by atoms with van der Waals surface area (Å²) in [5.41, 5.74) is 2.12. The average Bonchev–Trinajstić information content (AvgIpc) is 3.23. The summed E-state index contributed by atoms with van der Waals surface area (Å²) >= 11 is 6.22. The second kappa shape index (κ2) is 8.73. The summed E-state index contributed by atoms with van der Waals surface area (Å²) in [4.78, 5) is 11.1. The fraction of sp³-hybridized carbons (Fsp3) is 0.474. The number of morpholine rings is 1. The van der Waals surface area contributed by atoms with Crippen molar-refractivity contribution in [2.45, 2.75) is 18.9 Å². The molecule has 0 radical (unpaired) electrons. The van der Waals surface area contributed by atoms with E-state index in [1.807, 2.05) is 12.1 Å². The number of nitrogens with zero attached hydrogens (tertiary/aromatic N) is 3. The van der Waals surface area contributed by atoms with Gasteiger partial charge < -0.3 is 25.0 Å². The van der Waals surface area contributed by atoms with Crippen molar-refractivity contribution in [1.82, 2.24) is 9.97 Å². The SMILES string of the molecule is Clc1cnc(Nc2ccc(N3CCOCC3)cc2)nc1NC[C@H]1CCCO1. The van der Waals surface area contributed by atoms with Gasteiger partial charge in [-0.1, -0.05) is 11.6 Å². The Morgan fingerprint density at radius 1 is 1.15 bits per heavy atom. The first-order chi connectivity index (χ1) is 13.3. The Kier molecular flexibility index (Phi) is 5.91. The molecule has 1 atom stereocenters. The Morgan fingerprint density at radius 2 is 1.96 bits per heavy atom. The van der Waals surface area contributed by atoms with Gasteiger partial charge in [-0.3, -0.25) is 0 Å². The Labute approximate surface area is 164 Å². The van der Waals surface area contributed by atoms with E-state index in [1.54, 1.807) is 6.20 Å². The van der Waals surface area contributed by atoms with Gasteiger partial charge in [0.1, 0.15) is 5.02 Å². The number of anilines is 4. The quantitative estimate of drug-likeness (QED) is 0.785. The molecule has 2 aliphatic heterocycles. The maximum atomic E-state index is 6.22. The van der Waals surface area contributed by atoms with E-state index >= 15 is 0 Å². The van der Waals surface area contributed by atoms with Gasteiger partial charge in [0.05, 0.1) is 25.5 Å². The second-order valence-electron chi connectivity index (χ2n) is 6.68. The maximum absolute atomic E-state index is 6.22. The van der Waals surface area contributed by atoms with Gasteiger partial charge in [0.25, 0.3) is 0 Å². The van der Waals surface area contributed by atoms with E-state index in [1.165, 1.54) is 5.69 Å². The molecule has 2 aliphatic rings. The number of rotatable bonds is 6. The van der Waals surface area contributed by atoms with Crippen LogP contribution in [0.25, 0.3) is 0 Å². The fourth-order valence-corrected chi connectivity index (χ4v) is 3.43. The van der Waals surface area contributed by atoms with Crippen molar-refractivity contribution >= 4 is 34.7 Å². The predicted octanol–water partition coefficient (Wildman–Crippen LogP) is 3.30. The van der Waals surface area contributed by atoms with Gasteiger partial charge in [-0.2, -0.15) is 4.98 Å². The van der Waals surface area contributed by atoms with Gasteiger partial charge in [0.2, 0.25) is 5.95 Å². The molecule has 7 nitrogen and oxygen atoms in total. The van der Waals surface area contributed by atoms with Crippen LogP contribution in [0.4, 0.5) is 23.1 Å². The molecule has 0 spiro atoms. The molecule has 144 valence electrons. The van der Waals surface area contributed by atoms with E-state index in [9.17, 15) is 0 Å². The van der Waals surface area contributed by atoms with E-state index in [0.717, 1.165) is 51.4 Å². The molecule has 1 aromatic carbocycles. The Bertz CT molecular complexity index is 746. The first-order valence-electron chi connectivity index (χ1n) is 9.36. The third kappa shape index (κ3) is 4.80. The Balaban J connectivity index is 1.38. The van der Waals surface area contributed by atoms with Gasteiger partial charge in [0, 0.05) is 37.6 Å². The van der Waals surface area contributed by atoms with Gasteiger partial charge in [-0.05, 0) is 37.1 Å². The molecule has 0 amide bonds. The van der Waals surface area contributed by atoms with Crippen molar-refractivity contribution in [3.8, 4) is 0 Å². The number of ether oxygens (including phenoxy) is 2. The molecule has 2 aromatic rings. The molecule has 3 heterocycles. The van der Waals surface area contributed by atoms with Crippen molar-refractivity contribution in [3.63, 3.8) is 0 Å². The van der Waals surface area contributed by atoms with Gasteiger partial charge in [-0.25, -0.2) is 4.98 Å². The number of benzene rings is 1. The Morgan fingerprint density at radius 3 is 2.70 bits per heavy atom. The van der Waals surface area contributed by atoms with Crippen LogP contribution in [0, 0.1) is 0 Å². The monoisotopic (exact) mass is 389 g/mol. The molecule has 4 rings (SSSR count). The smallest absolute Gasteiger partial charge is 0.229 e. The number of hydrogen-bond acceptors (Lipinski definition) is 7. The minimum atomic E-state index is 0.222. The van der Waals surface area contributed by atoms with Gasteiger partial charge >= 0.3 is 0 Å². The molecule has 0 aliphatic carbocycles. The molecule has 1 aromatic heterocycles. The molecule has 0 bridgehead atoms. The zero-order valence-corrected chi connectivity index (χ0v) is 15.9. The lowest BCUT2D eigenvalue weighted by Crippen LogP contribution is -2.36. The second-order valence-corrected chi connectivity index (χ2v) is 7.08. The number of nitrogens with one attached hydrogen (secondary N) is 2. The first-order valence-corrected chi connectivity index (χ1v) is 9.73. The molecule has 2 saturated heterocycles. The molecule has 0 unspecified atom stereocenters. The first kappa shape index (κ1) is 18.3. The van der Waals surface area contributed by atoms with Crippen molar-refractivity contribution in [1.29, 1.82) is 0 Å². The summed E-state index contributed by atoms with van der Waals surface area (Å²) in [5, 5.41) is 7.00. The highest BCUT2D eigenvalue weighted by molar-refractivity contribution is 6.32. The highest BCUT2D eigenvalue weighted by Crippen LogP contribution is 2.24. The fourth-order valence-electron chi connectivity index (χ4n) is 3.27. The van der Waals surface area contributed by atoms with Crippen molar-refractivity contribution < 1.29 is 9.47 Å². The van der Waals surface area contributed by atoms with Crippen LogP contribution >= 0.6 is 11.6 Å². The maximum Gasteiger partial charge on any atom is 0.229 e. The molecular formula is C19H24ClN5O2. The molecule has 8 heteroatoms. The molecule has 27 heavy (non-hydrogen) atoms. The summed E-state index contributed by atoms with van der Waals surface area (Å²) in [6, 6.07) is 8.25. The molecule has 2 N–H and O–H groups in total. The van der Waals surface area contributed by atoms with Crippen molar-refractivity contribution in [3.05, 3.63) is 35.5 Å². The lowest BCUT2D eigenvalue weighted by atomic mass is 10.2. The zero-order chi connectivity index (χ0) is 18.5. The van der Waals surface area contributed by atoms with Gasteiger partial charge in [0.15, 0.2) is 5.82 Å². The number of halogens is 1. The third-order valence-corrected chi connectivity index (χ3v) is 5.04. The average molecular weight is 390 g/mol. The van der Waals surface area contributed by atoms with E-state index in [-0.39, 0.29) is 6.10 Å². The number of hydrogen-bond donors (Lipinski definition) is 2. The van der Waals surface area contributed by atoms with E-state index in [4.69, 9.17) is 21.1 Å². The standard InChI is InChI=1S/C19H24ClN5O2/c20-17-13-22-19(24-18(17)21-12-16-2-1-9-27-16)23-14-3-5-15(6-4-14)25-7-10-26-11-8-25/h3-6,13,16H,1-2,7-12H2,(H2,21,22,23,24)/t16-/m1/s1. The highest BCUT2D eigenvalue weighted by atomic mass is 35.5. The van der Waals surface area contributed by atoms with Crippen LogP contribution < -0.4 is 15.5 Å². The zero-order valence-electron chi connectivity index (χ0n) is 15.2. The summed E-state index contributed by atoms with van der Waals surface area (Å²) < 4.78 is 11.0. The minimum Gasteiger partial charge on any atom is -0.378 e. The molecular weight excluding hydrogens is 366 g/mol. The van der Waals surface area contributed by atoms with E-state index in [2.05, 4.69) is 37.6 Å². The Hall–Kier alpha value is -2.09. The van der Waals surface area contributed by atoms with Gasteiger partial charge in [-0.15, -0.1) is 0 Å². The van der Waals surface area contributed by atoms with Crippen LogP contribution in [0.1, 0.15) is 12.8 Å². The normalized spacial score (nSPS) is 19.9. The van der Waals surface area contributed by atoms with Crippen molar-refractivity contribution in [2.24, 2.45) is 0 Å². The van der Waals surface area contributed by atoms with E-state index < -0.39 is 0 Å². The predicted molar refractivity (Wildman–Crippen MR) is 107 cm³/mol. The lowest BCUT2D eigenvalue weighted by Gasteiger charge is -2.28. The van der Waals surface area contributed by atoms with Crippen LogP contribution in [-0.2, 0) is 9.47 Å². The van der Waals surface area contributed by atoms with Crippen LogP contribution in [0.15, 0.2) is 30.5 Å².